The van der Waals surface area contributed by atoms with Gasteiger partial charge in [0.05, 0.1) is 11.5 Å². The normalized spacial score (nSPS) is 11.3. The van der Waals surface area contributed by atoms with E-state index in [0.29, 0.717) is 0 Å². The van der Waals surface area contributed by atoms with E-state index in [0.717, 1.165) is 12.8 Å². The average Bonchev–Trinajstić information content (AvgIpc) is 2.71. The molecule has 3 nitrogen and oxygen atoms in total. The zero-order valence-corrected chi connectivity index (χ0v) is 18.9. The molecular weight excluding hydrogens is 407 g/mol. The van der Waals surface area contributed by atoms with E-state index in [1.807, 2.05) is 0 Å². The first kappa shape index (κ1) is 29.8. The number of hydrogen-bond donors (Lipinski definition) is 0. The molecule has 0 saturated carbocycles. The van der Waals surface area contributed by atoms with Gasteiger partial charge >= 0.3 is 51.4 Å². The minimum absolute atomic E-state index is 0. The van der Waals surface area contributed by atoms with E-state index in [2.05, 4.69) is 6.92 Å². The molecule has 5 heteroatoms. The van der Waals surface area contributed by atoms with Gasteiger partial charge in [-0.1, -0.05) is 121 Å². The molecule has 0 aliphatic rings. The molecule has 1 rings (SSSR count). The van der Waals surface area contributed by atoms with Crippen LogP contribution in [0.3, 0.4) is 0 Å². The minimum atomic E-state index is -3.58. The van der Waals surface area contributed by atoms with E-state index in [9.17, 15) is 8.42 Å². The molecule has 164 valence electrons. The molecule has 1 aromatic rings. The Morgan fingerprint density at radius 1 is 0.621 bits per heavy atom. The van der Waals surface area contributed by atoms with Crippen molar-refractivity contribution in [3.05, 3.63) is 30.3 Å². The van der Waals surface area contributed by atoms with Crippen molar-refractivity contribution in [2.45, 2.75) is 115 Å². The summed E-state index contributed by atoms with van der Waals surface area (Å²) in [5.41, 5.74) is 0. The van der Waals surface area contributed by atoms with Crippen LogP contribution in [0, 0.1) is 0 Å². The third-order valence-corrected chi connectivity index (χ3v) is 6.59. The predicted molar refractivity (Wildman–Crippen MR) is 126 cm³/mol. The van der Waals surface area contributed by atoms with Crippen molar-refractivity contribution >= 4 is 61.5 Å². The molecule has 0 unspecified atom stereocenters. The van der Waals surface area contributed by atoms with Crippen molar-refractivity contribution in [1.29, 1.82) is 0 Å². The molecule has 0 bridgehead atoms. The van der Waals surface area contributed by atoms with Crippen molar-refractivity contribution in [2.24, 2.45) is 0 Å². The van der Waals surface area contributed by atoms with Crippen LogP contribution >= 0.6 is 0 Å². The first-order valence-electron chi connectivity index (χ1n) is 11.6. The second-order valence-corrected chi connectivity index (χ2v) is 9.51. The Bertz CT molecular complexity index is 561. The van der Waals surface area contributed by atoms with E-state index in [4.69, 9.17) is 4.18 Å². The van der Waals surface area contributed by atoms with Gasteiger partial charge in [-0.2, -0.15) is 8.42 Å². The van der Waals surface area contributed by atoms with E-state index < -0.39 is 10.1 Å². The monoisotopic (exact) mass is 450 g/mol. The van der Waals surface area contributed by atoms with E-state index in [-0.39, 0.29) is 62.9 Å². The van der Waals surface area contributed by atoms with E-state index in [1.165, 1.54) is 89.9 Å². The zero-order valence-electron chi connectivity index (χ0n) is 18.0. The van der Waals surface area contributed by atoms with Gasteiger partial charge in [0.1, 0.15) is 0 Å². The molecule has 0 fully saturated rings. The molecule has 0 aromatic heterocycles. The Hall–Kier alpha value is 0.766. The van der Waals surface area contributed by atoms with Gasteiger partial charge in [-0.05, 0) is 18.6 Å². The summed E-state index contributed by atoms with van der Waals surface area (Å²) in [4.78, 5) is 0.242. The molecule has 0 N–H and O–H groups in total. The predicted octanol–water partition coefficient (Wildman–Crippen LogP) is 7.00. The molecule has 0 saturated heterocycles. The van der Waals surface area contributed by atoms with Crippen molar-refractivity contribution in [2.75, 3.05) is 6.61 Å². The second-order valence-electron chi connectivity index (χ2n) is 7.89. The summed E-state index contributed by atoms with van der Waals surface area (Å²) in [5, 5.41) is 0. The van der Waals surface area contributed by atoms with Gasteiger partial charge in [-0.25, -0.2) is 0 Å². The van der Waals surface area contributed by atoms with E-state index >= 15 is 0 Å². The van der Waals surface area contributed by atoms with Gasteiger partial charge < -0.3 is 0 Å². The molecule has 0 radical (unpaired) electrons. The first-order valence-corrected chi connectivity index (χ1v) is 13.0. The van der Waals surface area contributed by atoms with Crippen LogP contribution in [-0.2, 0) is 14.3 Å². The van der Waals surface area contributed by atoms with Gasteiger partial charge in [-0.3, -0.25) is 4.18 Å². The van der Waals surface area contributed by atoms with Crippen molar-refractivity contribution in [3.63, 3.8) is 0 Å². The van der Waals surface area contributed by atoms with Crippen LogP contribution in [0.5, 0.6) is 0 Å². The summed E-state index contributed by atoms with van der Waals surface area (Å²) < 4.78 is 29.0. The Labute approximate surface area is 223 Å². The number of rotatable bonds is 19. The van der Waals surface area contributed by atoms with Crippen LogP contribution in [-0.4, -0.2) is 66.4 Å². The summed E-state index contributed by atoms with van der Waals surface area (Å²) in [5.74, 6) is 0. The Morgan fingerprint density at radius 3 is 1.41 bits per heavy atom. The van der Waals surface area contributed by atoms with Crippen LogP contribution in [0.2, 0.25) is 0 Å². The number of benzene rings is 1. The Morgan fingerprint density at radius 2 is 1.00 bits per heavy atom. The molecule has 29 heavy (non-hydrogen) atoms. The van der Waals surface area contributed by atoms with Crippen LogP contribution < -0.4 is 0 Å². The molecule has 0 aliphatic carbocycles. The fourth-order valence-electron chi connectivity index (χ4n) is 3.47. The maximum absolute atomic E-state index is 12.0. The standard InChI is InChI=1S/C24H42O3S.K.H/c1-2-3-4-5-6-7-8-9-10-11-12-13-14-15-16-20-23-27-28(25,26)24-21-18-17-19-22-24;;/h17-19,21-22H,2-16,20,23H2,1H3;;. The molecule has 0 heterocycles. The summed E-state index contributed by atoms with van der Waals surface area (Å²) in [6, 6.07) is 8.37. The third kappa shape index (κ3) is 17.1. The maximum atomic E-state index is 12.0. The summed E-state index contributed by atoms with van der Waals surface area (Å²) in [6.07, 6.45) is 20.9. The van der Waals surface area contributed by atoms with Crippen LogP contribution in [0.25, 0.3) is 0 Å². The Balaban J connectivity index is 0.00000784. The first-order chi connectivity index (χ1) is 13.7. The van der Waals surface area contributed by atoms with Crippen molar-refractivity contribution in [1.82, 2.24) is 0 Å². The van der Waals surface area contributed by atoms with Gasteiger partial charge in [0, 0.05) is 0 Å². The van der Waals surface area contributed by atoms with Gasteiger partial charge in [-0.15, -0.1) is 0 Å². The average molecular weight is 451 g/mol. The quantitative estimate of drug-likeness (QED) is 0.129. The van der Waals surface area contributed by atoms with Crippen molar-refractivity contribution < 1.29 is 12.6 Å². The number of hydrogen-bond acceptors (Lipinski definition) is 3. The molecule has 0 aliphatic heterocycles. The molecule has 0 atom stereocenters. The van der Waals surface area contributed by atoms with Crippen LogP contribution in [0.15, 0.2) is 35.2 Å². The fourth-order valence-corrected chi connectivity index (χ4v) is 4.44. The zero-order chi connectivity index (χ0) is 20.3. The van der Waals surface area contributed by atoms with Gasteiger partial charge in [0.25, 0.3) is 10.1 Å². The SMILES string of the molecule is CCCCCCCCCCCCCCCCCCOS(=O)(=O)c1ccccc1.[KH]. The number of unbranched alkanes of at least 4 members (excludes halogenated alkanes) is 15. The molecule has 1 aromatic carbocycles. The molecule has 0 spiro atoms. The van der Waals surface area contributed by atoms with Gasteiger partial charge in [0.2, 0.25) is 0 Å². The Kier molecular flexibility index (Phi) is 21.2. The topological polar surface area (TPSA) is 43.4 Å². The molecule has 0 amide bonds. The van der Waals surface area contributed by atoms with Gasteiger partial charge in [0.15, 0.2) is 0 Å². The van der Waals surface area contributed by atoms with E-state index in [1.54, 1.807) is 30.3 Å². The molecular formula is C24H43KO3S. The third-order valence-electron chi connectivity index (χ3n) is 5.27. The summed E-state index contributed by atoms with van der Waals surface area (Å²) >= 11 is 0. The summed E-state index contributed by atoms with van der Waals surface area (Å²) in [7, 11) is -3.58. The summed E-state index contributed by atoms with van der Waals surface area (Å²) in [6.45, 7) is 2.56. The fraction of sp³-hybridized carbons (Fsp3) is 0.750. The van der Waals surface area contributed by atoms with Crippen LogP contribution in [0.4, 0.5) is 0 Å². The second kappa shape index (κ2) is 20.7. The van der Waals surface area contributed by atoms with Crippen molar-refractivity contribution in [3.8, 4) is 0 Å². The van der Waals surface area contributed by atoms with Crippen LogP contribution in [0.1, 0.15) is 110 Å².